The Morgan fingerprint density at radius 2 is 1.15 bits per heavy atom. The van der Waals surface area contributed by atoms with E-state index in [2.05, 4.69) is 5.32 Å². The molecule has 0 aliphatic heterocycles. The summed E-state index contributed by atoms with van der Waals surface area (Å²) < 4.78 is 0. The molecule has 0 unspecified atom stereocenters. The van der Waals surface area contributed by atoms with Crippen LogP contribution in [0.2, 0.25) is 5.02 Å². The van der Waals surface area contributed by atoms with E-state index in [0.717, 1.165) is 28.8 Å². The summed E-state index contributed by atoms with van der Waals surface area (Å²) in [7, 11) is 0. The lowest BCUT2D eigenvalue weighted by Gasteiger charge is -2.20. The lowest BCUT2D eigenvalue weighted by atomic mass is 9.86. The van der Waals surface area contributed by atoms with Gasteiger partial charge in [0.15, 0.2) is 28.8 Å². The predicted molar refractivity (Wildman–Crippen MR) is 202 cm³/mol. The Hall–Kier alpha value is -5.93. The average molecular weight is 720 g/mol. The molecule has 7 N–H and O–H groups in total. The topological polar surface area (TPSA) is 168 Å². The van der Waals surface area contributed by atoms with Crippen LogP contribution < -0.4 is 5.32 Å². The predicted octanol–water partition coefficient (Wildman–Crippen LogP) is 8.65. The van der Waals surface area contributed by atoms with Crippen LogP contribution in [0.3, 0.4) is 0 Å². The molecule has 0 saturated heterocycles. The highest BCUT2D eigenvalue weighted by Crippen LogP contribution is 2.51. The van der Waals surface area contributed by atoms with Crippen LogP contribution in [0.1, 0.15) is 61.4 Å². The number of fused-ring (bicyclic) bond motifs is 2. The van der Waals surface area contributed by atoms with Gasteiger partial charge in [-0.25, -0.2) is 0 Å². The number of carbonyl (C=O) groups excluding carboxylic acids is 2. The van der Waals surface area contributed by atoms with E-state index in [4.69, 9.17) is 11.6 Å². The number of phenolic OH excluding ortho intramolecular Hbond substituents is 6. The van der Waals surface area contributed by atoms with Gasteiger partial charge < -0.3 is 36.0 Å². The van der Waals surface area contributed by atoms with Crippen molar-refractivity contribution < 1.29 is 40.2 Å². The molecule has 52 heavy (non-hydrogen) atoms. The zero-order chi connectivity index (χ0) is 37.4. The molecule has 6 aromatic carbocycles. The second kappa shape index (κ2) is 14.4. The number of benzene rings is 6. The lowest BCUT2D eigenvalue weighted by Crippen LogP contribution is -2.26. The number of ketones is 1. The molecule has 9 nitrogen and oxygen atoms in total. The summed E-state index contributed by atoms with van der Waals surface area (Å²) in [5.41, 5.74) is 3.90. The van der Waals surface area contributed by atoms with Crippen molar-refractivity contribution in [1.82, 2.24) is 5.32 Å². The maximum absolute atomic E-state index is 13.5. The Labute approximate surface area is 305 Å². The molecule has 0 aliphatic carbocycles. The van der Waals surface area contributed by atoms with Crippen LogP contribution in [-0.2, 0) is 12.8 Å². The SMILES string of the molecule is Cc1cccc(CCCC(=O)c2c(O)c(O)cc3c(O)c(-c4c(C)cc5c(C(=O)NCCc6cccc(Cl)c6)c(O)c(O)cc5c4O)c(C)cc23)c1. The molecule has 0 spiro atoms. The van der Waals surface area contributed by atoms with Crippen LogP contribution in [0.5, 0.6) is 34.5 Å². The first-order valence-electron chi connectivity index (χ1n) is 16.8. The van der Waals surface area contributed by atoms with Gasteiger partial charge in [-0.05, 0) is 98.7 Å². The van der Waals surface area contributed by atoms with Gasteiger partial charge in [-0.2, -0.15) is 0 Å². The van der Waals surface area contributed by atoms with Gasteiger partial charge in [0.1, 0.15) is 11.5 Å². The minimum absolute atomic E-state index is 0.0350. The second-order valence-electron chi connectivity index (χ2n) is 13.2. The number of hydrogen-bond acceptors (Lipinski definition) is 8. The number of amides is 1. The molecule has 0 bridgehead atoms. The van der Waals surface area contributed by atoms with Gasteiger partial charge in [0.25, 0.3) is 5.91 Å². The van der Waals surface area contributed by atoms with Gasteiger partial charge in [0, 0.05) is 50.7 Å². The van der Waals surface area contributed by atoms with Crippen molar-refractivity contribution in [3.8, 4) is 45.6 Å². The molecule has 0 heterocycles. The summed E-state index contributed by atoms with van der Waals surface area (Å²) in [5.74, 6) is -4.30. The van der Waals surface area contributed by atoms with Gasteiger partial charge >= 0.3 is 0 Å². The number of phenols is 6. The Morgan fingerprint density at radius 3 is 1.73 bits per heavy atom. The van der Waals surface area contributed by atoms with Crippen molar-refractivity contribution in [2.45, 2.75) is 46.5 Å². The quantitative estimate of drug-likeness (QED) is 0.0545. The molecule has 6 aromatic rings. The van der Waals surface area contributed by atoms with Gasteiger partial charge in [-0.1, -0.05) is 53.6 Å². The molecule has 10 heteroatoms. The summed E-state index contributed by atoms with van der Waals surface area (Å²) in [6, 6.07) is 20.6. The van der Waals surface area contributed by atoms with Crippen LogP contribution in [0.4, 0.5) is 0 Å². The number of hydrogen-bond donors (Lipinski definition) is 7. The summed E-state index contributed by atoms with van der Waals surface area (Å²) in [5, 5.41) is 70.4. The Morgan fingerprint density at radius 1 is 0.615 bits per heavy atom. The number of Topliss-reactive ketones (excluding diaryl/α,β-unsaturated/α-hetero) is 1. The normalized spacial score (nSPS) is 11.3. The number of rotatable bonds is 10. The largest absolute Gasteiger partial charge is 0.507 e. The Balaban J connectivity index is 1.38. The second-order valence-corrected chi connectivity index (χ2v) is 13.6. The highest BCUT2D eigenvalue weighted by atomic mass is 35.5. The molecule has 0 saturated carbocycles. The van der Waals surface area contributed by atoms with E-state index in [1.807, 2.05) is 37.3 Å². The highest BCUT2D eigenvalue weighted by Gasteiger charge is 2.27. The highest BCUT2D eigenvalue weighted by molar-refractivity contribution is 6.30. The first-order chi connectivity index (χ1) is 24.8. The summed E-state index contributed by atoms with van der Waals surface area (Å²) in [6.07, 6.45) is 1.67. The van der Waals surface area contributed by atoms with E-state index in [1.165, 1.54) is 0 Å². The number of aryl methyl sites for hydroxylation is 4. The molecule has 0 aromatic heterocycles. The maximum atomic E-state index is 13.5. The van der Waals surface area contributed by atoms with E-state index in [0.29, 0.717) is 35.4 Å². The third-order valence-corrected chi connectivity index (χ3v) is 9.67. The van der Waals surface area contributed by atoms with Crippen LogP contribution in [0.15, 0.2) is 72.8 Å². The first-order valence-corrected chi connectivity index (χ1v) is 17.2. The molecule has 0 fully saturated rings. The molecule has 1 amide bonds. The first kappa shape index (κ1) is 35.9. The van der Waals surface area contributed by atoms with Gasteiger partial charge in [-0.3, -0.25) is 9.59 Å². The standard InChI is InChI=1S/C42H38ClNO8/c1-21-7-4-8-24(15-21)10-6-12-31(45)36-27-16-22(2)34(38(48)29(27)19-32(46)40(36)50)35-23(3)17-28-30(39(35)49)20-33(47)41(51)37(28)42(52)44-14-13-25-9-5-11-26(43)18-25/h4-5,7-9,11,15-20,46-51H,6,10,12-14H2,1-3H3,(H,44,52). The third kappa shape index (κ3) is 6.75. The van der Waals surface area contributed by atoms with Gasteiger partial charge in [-0.15, -0.1) is 0 Å². The van der Waals surface area contributed by atoms with Crippen molar-refractivity contribution >= 4 is 44.8 Å². The van der Waals surface area contributed by atoms with E-state index < -0.39 is 34.7 Å². The smallest absolute Gasteiger partial charge is 0.255 e. The van der Waals surface area contributed by atoms with E-state index >= 15 is 0 Å². The summed E-state index contributed by atoms with van der Waals surface area (Å²) in [6.45, 7) is 5.51. The fourth-order valence-electron chi connectivity index (χ4n) is 6.95. The third-order valence-electron chi connectivity index (χ3n) is 9.43. The van der Waals surface area contributed by atoms with Crippen LogP contribution in [0.25, 0.3) is 32.7 Å². The average Bonchev–Trinajstić information content (AvgIpc) is 3.08. The number of nitrogens with one attached hydrogen (secondary N) is 1. The fraction of sp³-hybridized carbons (Fsp3) is 0.190. The molecule has 0 atom stereocenters. The molecule has 0 aliphatic rings. The Kier molecular flexibility index (Phi) is 9.91. The summed E-state index contributed by atoms with van der Waals surface area (Å²) >= 11 is 6.07. The molecular weight excluding hydrogens is 682 g/mol. The van der Waals surface area contributed by atoms with Crippen molar-refractivity contribution in [3.63, 3.8) is 0 Å². The van der Waals surface area contributed by atoms with Crippen LogP contribution >= 0.6 is 11.6 Å². The van der Waals surface area contributed by atoms with Crippen molar-refractivity contribution in [1.29, 1.82) is 0 Å². The number of halogens is 1. The van der Waals surface area contributed by atoms with E-state index in [9.17, 15) is 40.2 Å². The minimum atomic E-state index is -0.678. The molecule has 266 valence electrons. The van der Waals surface area contributed by atoms with Gasteiger partial charge in [0.05, 0.1) is 11.1 Å². The van der Waals surface area contributed by atoms with E-state index in [1.54, 1.807) is 44.2 Å². The zero-order valence-electron chi connectivity index (χ0n) is 28.8. The van der Waals surface area contributed by atoms with E-state index in [-0.39, 0.29) is 68.3 Å². The lowest BCUT2D eigenvalue weighted by molar-refractivity contribution is 0.0950. The monoisotopic (exact) mass is 719 g/mol. The molecular formula is C42H38ClNO8. The van der Waals surface area contributed by atoms with Crippen LogP contribution in [0, 0.1) is 20.8 Å². The summed E-state index contributed by atoms with van der Waals surface area (Å²) in [4.78, 5) is 27.0. The number of aromatic hydroxyl groups is 6. The van der Waals surface area contributed by atoms with Crippen molar-refractivity contribution in [2.24, 2.45) is 0 Å². The Bertz CT molecular complexity index is 2250. The van der Waals surface area contributed by atoms with Crippen LogP contribution in [-0.4, -0.2) is 48.9 Å². The zero-order valence-corrected chi connectivity index (χ0v) is 29.6. The van der Waals surface area contributed by atoms with Crippen molar-refractivity contribution in [3.05, 3.63) is 117 Å². The molecule has 6 rings (SSSR count). The minimum Gasteiger partial charge on any atom is -0.507 e. The van der Waals surface area contributed by atoms with Crippen molar-refractivity contribution in [2.75, 3.05) is 6.54 Å². The number of carbonyl (C=O) groups is 2. The maximum Gasteiger partial charge on any atom is 0.255 e. The van der Waals surface area contributed by atoms with Gasteiger partial charge in [0.2, 0.25) is 0 Å². The molecule has 0 radical (unpaired) electrons. The fourth-order valence-corrected chi connectivity index (χ4v) is 7.16.